The van der Waals surface area contributed by atoms with Gasteiger partial charge in [0.1, 0.15) is 36.6 Å². The summed E-state index contributed by atoms with van der Waals surface area (Å²) in [5.74, 6) is -4.59. The zero-order chi connectivity index (χ0) is 22.8. The van der Waals surface area contributed by atoms with Crippen LogP contribution in [-0.4, -0.2) is 65.4 Å². The van der Waals surface area contributed by atoms with Crippen molar-refractivity contribution in [2.45, 2.75) is 50.8 Å². The van der Waals surface area contributed by atoms with Crippen LogP contribution in [0.15, 0.2) is 36.0 Å². The molecule has 166 valence electrons. The predicted octanol–water partition coefficient (Wildman–Crippen LogP) is 0.409. The topological polar surface area (TPSA) is 129 Å². The van der Waals surface area contributed by atoms with E-state index >= 15 is 0 Å². The molecule has 2 saturated carbocycles. The number of hydrogen-bond acceptors (Lipinski definition) is 9. The average molecular weight is 432 g/mol. The van der Waals surface area contributed by atoms with E-state index in [1.807, 2.05) is 0 Å². The molecule has 8 unspecified atom stereocenters. The summed E-state index contributed by atoms with van der Waals surface area (Å²) in [5, 5.41) is 11.1. The second-order valence-corrected chi connectivity index (χ2v) is 8.49. The van der Waals surface area contributed by atoms with Gasteiger partial charge in [-0.25, -0.2) is 9.59 Å². The van der Waals surface area contributed by atoms with Crippen molar-refractivity contribution >= 4 is 23.7 Å². The lowest BCUT2D eigenvalue weighted by Crippen LogP contribution is -2.43. The van der Waals surface area contributed by atoms with Crippen LogP contribution < -0.4 is 0 Å². The number of carbonyl (C=O) groups is 4. The molecule has 1 N–H and O–H groups in total. The van der Waals surface area contributed by atoms with Gasteiger partial charge in [0.25, 0.3) is 0 Å². The van der Waals surface area contributed by atoms with Gasteiger partial charge in [-0.15, -0.1) is 0 Å². The monoisotopic (exact) mass is 432 g/mol. The largest absolute Gasteiger partial charge is 0.461 e. The summed E-state index contributed by atoms with van der Waals surface area (Å²) in [6.45, 7) is 11.9. The van der Waals surface area contributed by atoms with Crippen molar-refractivity contribution < 1.29 is 43.2 Å². The number of epoxide rings is 1. The van der Waals surface area contributed by atoms with Gasteiger partial charge in [0.2, 0.25) is 0 Å². The lowest BCUT2D eigenvalue weighted by atomic mass is 9.78. The van der Waals surface area contributed by atoms with Gasteiger partial charge in [0.05, 0.1) is 17.4 Å². The maximum Gasteiger partial charge on any atom is 0.337 e. The Balaban J connectivity index is 1.68. The summed E-state index contributed by atoms with van der Waals surface area (Å²) in [7, 11) is 0. The zero-order valence-electron chi connectivity index (χ0n) is 17.5. The molecule has 0 bridgehead atoms. The van der Waals surface area contributed by atoms with Crippen LogP contribution in [0.25, 0.3) is 0 Å². The number of esters is 3. The van der Waals surface area contributed by atoms with Crippen molar-refractivity contribution in [1.29, 1.82) is 0 Å². The summed E-state index contributed by atoms with van der Waals surface area (Å²) in [5.41, 5.74) is -0.568. The molecule has 2 saturated heterocycles. The van der Waals surface area contributed by atoms with Crippen molar-refractivity contribution in [2.75, 3.05) is 6.61 Å². The van der Waals surface area contributed by atoms with E-state index in [-0.39, 0.29) is 29.1 Å². The smallest absolute Gasteiger partial charge is 0.337 e. The Morgan fingerprint density at radius 2 is 1.97 bits per heavy atom. The standard InChI is InChI=1S/C22H24O9/c1-6-11(7-28-10(4)23)21(27)30-18-13-9(3)20(26)29-17(13)14-12(8(2)15(18)24)16(25)19-22(14,5)31-19/h6,12-15,17-19,24H,2-3,7H2,1,4-5H3. The van der Waals surface area contributed by atoms with Crippen LogP contribution in [0.1, 0.15) is 20.8 Å². The Labute approximate surface area is 178 Å². The van der Waals surface area contributed by atoms with Gasteiger partial charge >= 0.3 is 17.9 Å². The van der Waals surface area contributed by atoms with Crippen LogP contribution in [-0.2, 0) is 38.1 Å². The maximum atomic E-state index is 12.9. The quantitative estimate of drug-likeness (QED) is 0.221. The highest BCUT2D eigenvalue weighted by Crippen LogP contribution is 2.61. The van der Waals surface area contributed by atoms with E-state index in [2.05, 4.69) is 13.2 Å². The van der Waals surface area contributed by atoms with Crippen molar-refractivity contribution in [2.24, 2.45) is 17.8 Å². The SMILES string of the molecule is C=C1C(O)C(OC(=O)C(=CC)COC(C)=O)C2C(=C)C(=O)OC2C2C1C(=O)C1OC12C. The minimum absolute atomic E-state index is 0.0393. The second-order valence-electron chi connectivity index (χ2n) is 8.49. The molecule has 31 heavy (non-hydrogen) atoms. The molecule has 9 heteroatoms. The number of ether oxygens (including phenoxy) is 4. The van der Waals surface area contributed by atoms with E-state index in [1.54, 1.807) is 13.8 Å². The van der Waals surface area contributed by atoms with Gasteiger partial charge in [0, 0.05) is 18.4 Å². The molecule has 0 spiro atoms. The van der Waals surface area contributed by atoms with Gasteiger partial charge in [-0.3, -0.25) is 9.59 Å². The van der Waals surface area contributed by atoms with Crippen LogP contribution in [0, 0.1) is 17.8 Å². The summed E-state index contributed by atoms with van der Waals surface area (Å²) in [6, 6.07) is 0. The number of ketones is 1. The number of aliphatic hydroxyl groups excluding tert-OH is 1. The van der Waals surface area contributed by atoms with Crippen LogP contribution in [0.3, 0.4) is 0 Å². The van der Waals surface area contributed by atoms with Gasteiger partial charge in [-0.05, 0) is 19.4 Å². The summed E-state index contributed by atoms with van der Waals surface area (Å²) < 4.78 is 21.6. The molecule has 9 nitrogen and oxygen atoms in total. The zero-order valence-corrected chi connectivity index (χ0v) is 17.5. The molecular formula is C22H24O9. The minimum atomic E-state index is -1.44. The van der Waals surface area contributed by atoms with E-state index in [1.165, 1.54) is 13.0 Å². The van der Waals surface area contributed by atoms with E-state index in [0.717, 1.165) is 0 Å². The number of hydrogen-bond donors (Lipinski definition) is 1. The van der Waals surface area contributed by atoms with Gasteiger partial charge in [-0.2, -0.15) is 0 Å². The Kier molecular flexibility index (Phi) is 4.94. The highest BCUT2D eigenvalue weighted by molar-refractivity contribution is 5.97. The first-order valence-corrected chi connectivity index (χ1v) is 10.0. The first kappa shape index (κ1) is 21.5. The minimum Gasteiger partial charge on any atom is -0.461 e. The van der Waals surface area contributed by atoms with Gasteiger partial charge in [0.15, 0.2) is 5.78 Å². The van der Waals surface area contributed by atoms with Crippen molar-refractivity contribution in [3.8, 4) is 0 Å². The van der Waals surface area contributed by atoms with Crippen molar-refractivity contribution in [3.63, 3.8) is 0 Å². The summed E-state index contributed by atoms with van der Waals surface area (Å²) in [4.78, 5) is 49.1. The number of rotatable bonds is 4. The third-order valence-electron chi connectivity index (χ3n) is 6.77. The fourth-order valence-corrected chi connectivity index (χ4v) is 5.07. The van der Waals surface area contributed by atoms with Crippen LogP contribution in [0.5, 0.6) is 0 Å². The van der Waals surface area contributed by atoms with E-state index in [4.69, 9.17) is 18.9 Å². The first-order valence-electron chi connectivity index (χ1n) is 10.0. The number of carbonyl (C=O) groups excluding carboxylic acids is 4. The van der Waals surface area contributed by atoms with E-state index in [0.29, 0.717) is 0 Å². The summed E-state index contributed by atoms with van der Waals surface area (Å²) in [6.07, 6.45) is -2.80. The maximum absolute atomic E-state index is 12.9. The lowest BCUT2D eigenvalue weighted by Gasteiger charge is -2.30. The molecule has 4 fully saturated rings. The molecule has 0 aromatic carbocycles. The average Bonchev–Trinajstić information content (AvgIpc) is 3.26. The molecule has 8 atom stereocenters. The highest BCUT2D eigenvalue weighted by Gasteiger charge is 2.77. The van der Waals surface area contributed by atoms with Crippen molar-refractivity contribution in [3.05, 3.63) is 36.0 Å². The van der Waals surface area contributed by atoms with Crippen molar-refractivity contribution in [1.82, 2.24) is 0 Å². The molecule has 0 aromatic rings. The molecule has 2 aliphatic carbocycles. The third-order valence-corrected chi connectivity index (χ3v) is 6.77. The fraction of sp³-hybridized carbons (Fsp3) is 0.545. The third kappa shape index (κ3) is 3.06. The predicted molar refractivity (Wildman–Crippen MR) is 103 cm³/mol. The fourth-order valence-electron chi connectivity index (χ4n) is 5.07. The number of fused-ring (bicyclic) bond motifs is 5. The molecule has 0 radical (unpaired) electrons. The number of aliphatic hydroxyl groups is 1. The Bertz CT molecular complexity index is 947. The molecule has 4 rings (SSSR count). The van der Waals surface area contributed by atoms with Crippen LogP contribution in [0.2, 0.25) is 0 Å². The Hall–Kier alpha value is -2.78. The molecule has 0 aromatic heterocycles. The van der Waals surface area contributed by atoms with Gasteiger partial charge in [-0.1, -0.05) is 19.2 Å². The number of allylic oxidation sites excluding steroid dienone is 1. The normalized spacial score (nSPS) is 41.0. The van der Waals surface area contributed by atoms with Gasteiger partial charge < -0.3 is 24.1 Å². The lowest BCUT2D eigenvalue weighted by molar-refractivity contribution is -0.155. The molecular weight excluding hydrogens is 408 g/mol. The van der Waals surface area contributed by atoms with E-state index in [9.17, 15) is 24.3 Å². The second kappa shape index (κ2) is 7.13. The highest BCUT2D eigenvalue weighted by atomic mass is 16.6. The first-order chi connectivity index (χ1) is 14.5. The number of Topliss-reactive ketones (excluding diaryl/α,β-unsaturated/α-hetero) is 1. The van der Waals surface area contributed by atoms with Crippen LogP contribution in [0.4, 0.5) is 0 Å². The molecule has 2 aliphatic heterocycles. The Morgan fingerprint density at radius 1 is 1.29 bits per heavy atom. The van der Waals surface area contributed by atoms with Crippen LogP contribution >= 0.6 is 0 Å². The summed E-state index contributed by atoms with van der Waals surface area (Å²) >= 11 is 0. The molecule has 0 amide bonds. The molecule has 2 heterocycles. The Morgan fingerprint density at radius 3 is 2.58 bits per heavy atom. The molecule has 4 aliphatic rings. The van der Waals surface area contributed by atoms with E-state index < -0.39 is 65.7 Å².